The van der Waals surface area contributed by atoms with Crippen LogP contribution in [0.4, 0.5) is 25.8 Å². The molecule has 0 amide bonds. The first-order valence-corrected chi connectivity index (χ1v) is 10.6. The van der Waals surface area contributed by atoms with Crippen molar-refractivity contribution in [1.29, 1.82) is 0 Å². The van der Waals surface area contributed by atoms with E-state index in [1.807, 2.05) is 45.0 Å². The minimum absolute atomic E-state index is 0.367. The van der Waals surface area contributed by atoms with E-state index in [-0.39, 0.29) is 10.8 Å². The maximum atomic E-state index is 15.4. The second-order valence-electron chi connectivity index (χ2n) is 9.67. The molecule has 0 radical (unpaired) electrons. The van der Waals surface area contributed by atoms with E-state index in [1.165, 1.54) is 0 Å². The number of ether oxygens (including phenoxy) is 1. The minimum atomic E-state index is -0.562. The van der Waals surface area contributed by atoms with Crippen LogP contribution in [0.5, 0.6) is 0 Å². The number of hydrogen-bond donors (Lipinski definition) is 2. The number of piperidine rings is 1. The molecule has 2 aliphatic heterocycles. The summed E-state index contributed by atoms with van der Waals surface area (Å²) in [6, 6.07) is 8.57. The van der Waals surface area contributed by atoms with Gasteiger partial charge in [0.2, 0.25) is 0 Å². The number of nitrogens with two attached hydrogens (primary N) is 1. The highest BCUT2D eigenvalue weighted by Gasteiger charge is 2.49. The number of benzene rings is 2. The van der Waals surface area contributed by atoms with Gasteiger partial charge >= 0.3 is 0 Å². The Morgan fingerprint density at radius 2 is 1.83 bits per heavy atom. The normalized spacial score (nSPS) is 19.2. The zero-order chi connectivity index (χ0) is 21.7. The number of fused-ring (bicyclic) bond motifs is 2. The van der Waals surface area contributed by atoms with Gasteiger partial charge in [0.1, 0.15) is 11.6 Å². The zero-order valence-corrected chi connectivity index (χ0v) is 18.2. The molecule has 1 spiro atoms. The van der Waals surface area contributed by atoms with Crippen LogP contribution >= 0.6 is 0 Å². The van der Waals surface area contributed by atoms with E-state index >= 15 is 8.78 Å². The van der Waals surface area contributed by atoms with E-state index in [0.29, 0.717) is 29.0 Å². The lowest BCUT2D eigenvalue weighted by Gasteiger charge is -2.35. The van der Waals surface area contributed by atoms with Crippen LogP contribution in [0, 0.1) is 17.0 Å². The van der Waals surface area contributed by atoms with Gasteiger partial charge in [0.05, 0.1) is 11.8 Å². The van der Waals surface area contributed by atoms with Gasteiger partial charge in [-0.15, -0.1) is 0 Å². The summed E-state index contributed by atoms with van der Waals surface area (Å²) in [5.74, 6) is -1.03. The molecular weight excluding hydrogens is 384 g/mol. The Hall–Kier alpha value is -2.18. The summed E-state index contributed by atoms with van der Waals surface area (Å²) in [6.45, 7) is 8.25. The van der Waals surface area contributed by atoms with Crippen molar-refractivity contribution >= 4 is 17.1 Å². The van der Waals surface area contributed by atoms with Gasteiger partial charge in [0.25, 0.3) is 0 Å². The fourth-order valence-corrected chi connectivity index (χ4v) is 5.25. The molecule has 3 N–H and O–H groups in total. The highest BCUT2D eigenvalue weighted by molar-refractivity contribution is 5.78. The predicted octanol–water partition coefficient (Wildman–Crippen LogP) is 5.05. The van der Waals surface area contributed by atoms with Crippen molar-refractivity contribution in [2.45, 2.75) is 45.1 Å². The fourth-order valence-electron chi connectivity index (χ4n) is 5.25. The van der Waals surface area contributed by atoms with Gasteiger partial charge in [-0.05, 0) is 49.5 Å². The summed E-state index contributed by atoms with van der Waals surface area (Å²) in [5.41, 5.74) is 8.46. The highest BCUT2D eigenvalue weighted by Crippen LogP contribution is 2.55. The zero-order valence-electron chi connectivity index (χ0n) is 18.2. The van der Waals surface area contributed by atoms with E-state index in [0.717, 1.165) is 37.7 Å². The van der Waals surface area contributed by atoms with E-state index in [2.05, 4.69) is 10.2 Å². The molecule has 30 heavy (non-hydrogen) atoms. The number of anilines is 3. The van der Waals surface area contributed by atoms with Gasteiger partial charge in [-0.25, -0.2) is 8.78 Å². The minimum Gasteiger partial charge on any atom is -0.399 e. The van der Waals surface area contributed by atoms with Gasteiger partial charge in [-0.2, -0.15) is 0 Å². The lowest BCUT2D eigenvalue weighted by molar-refractivity contribution is 0.0130. The molecule has 4 nitrogen and oxygen atoms in total. The molecule has 0 bridgehead atoms. The second kappa shape index (κ2) is 7.50. The Balaban J connectivity index is 2.02. The summed E-state index contributed by atoms with van der Waals surface area (Å²) in [7, 11) is 1.59. The first-order valence-electron chi connectivity index (χ1n) is 10.6. The molecule has 162 valence electrons. The Morgan fingerprint density at radius 1 is 1.13 bits per heavy atom. The third-order valence-electron chi connectivity index (χ3n) is 6.53. The molecule has 1 fully saturated rings. The molecule has 0 saturated carbocycles. The lowest BCUT2D eigenvalue weighted by atomic mass is 9.73. The molecule has 4 rings (SSSR count). The van der Waals surface area contributed by atoms with Gasteiger partial charge in [0, 0.05) is 47.6 Å². The van der Waals surface area contributed by atoms with Crippen LogP contribution in [-0.4, -0.2) is 26.7 Å². The highest BCUT2D eigenvalue weighted by atomic mass is 19.1. The molecular formula is C24H31F2N3O. The average Bonchev–Trinajstić information content (AvgIpc) is 2.99. The quantitative estimate of drug-likeness (QED) is 0.689. The Morgan fingerprint density at radius 3 is 2.43 bits per heavy atom. The summed E-state index contributed by atoms with van der Waals surface area (Å²) in [5, 5.41) is 3.37. The number of nitrogens with one attached hydrogen (secondary N) is 1. The Labute approximate surface area is 177 Å². The number of methoxy groups -OCH3 is 1. The summed E-state index contributed by atoms with van der Waals surface area (Å²) < 4.78 is 36.7. The van der Waals surface area contributed by atoms with Crippen molar-refractivity contribution in [1.82, 2.24) is 5.32 Å². The van der Waals surface area contributed by atoms with E-state index in [4.69, 9.17) is 10.5 Å². The van der Waals surface area contributed by atoms with Crippen molar-refractivity contribution in [3.05, 3.63) is 53.1 Å². The molecule has 2 aromatic carbocycles. The van der Waals surface area contributed by atoms with E-state index < -0.39 is 17.7 Å². The summed E-state index contributed by atoms with van der Waals surface area (Å²) >= 11 is 0. The molecule has 2 heterocycles. The molecule has 0 aliphatic carbocycles. The maximum absolute atomic E-state index is 15.4. The van der Waals surface area contributed by atoms with Crippen LogP contribution in [0.3, 0.4) is 0 Å². The van der Waals surface area contributed by atoms with Crippen molar-refractivity contribution in [2.24, 2.45) is 5.41 Å². The first-order chi connectivity index (χ1) is 14.2. The van der Waals surface area contributed by atoms with Crippen LogP contribution < -0.4 is 16.0 Å². The monoisotopic (exact) mass is 415 g/mol. The lowest BCUT2D eigenvalue weighted by Crippen LogP contribution is -2.42. The Kier molecular flexibility index (Phi) is 5.27. The van der Waals surface area contributed by atoms with Gasteiger partial charge in [-0.1, -0.05) is 26.8 Å². The van der Waals surface area contributed by atoms with Crippen molar-refractivity contribution in [3.63, 3.8) is 0 Å². The molecule has 1 unspecified atom stereocenters. The largest absolute Gasteiger partial charge is 0.399 e. The van der Waals surface area contributed by atoms with Crippen molar-refractivity contribution < 1.29 is 13.5 Å². The van der Waals surface area contributed by atoms with Crippen LogP contribution in [0.15, 0.2) is 30.3 Å². The van der Waals surface area contributed by atoms with Gasteiger partial charge in [0.15, 0.2) is 0 Å². The number of nitrogens with zero attached hydrogens (tertiary/aromatic N) is 1. The van der Waals surface area contributed by atoms with Crippen LogP contribution in [0.25, 0.3) is 0 Å². The first kappa shape index (κ1) is 21.1. The second-order valence-corrected chi connectivity index (χ2v) is 9.67. The third kappa shape index (κ3) is 3.36. The molecule has 6 heteroatoms. The van der Waals surface area contributed by atoms with Crippen molar-refractivity contribution in [2.75, 3.05) is 37.4 Å². The third-order valence-corrected chi connectivity index (χ3v) is 6.53. The number of hydrogen-bond acceptors (Lipinski definition) is 4. The molecule has 0 aromatic heterocycles. The average molecular weight is 416 g/mol. The van der Waals surface area contributed by atoms with E-state index in [9.17, 15) is 0 Å². The van der Waals surface area contributed by atoms with Crippen LogP contribution in [0.1, 0.15) is 50.8 Å². The number of rotatable bonds is 3. The maximum Gasteiger partial charge on any atom is 0.134 e. The van der Waals surface area contributed by atoms with Crippen LogP contribution in [0.2, 0.25) is 0 Å². The van der Waals surface area contributed by atoms with Crippen LogP contribution in [-0.2, 0) is 10.2 Å². The van der Waals surface area contributed by atoms with Gasteiger partial charge in [-0.3, -0.25) is 0 Å². The fraction of sp³-hybridized carbons (Fsp3) is 0.500. The molecule has 1 atom stereocenters. The molecule has 1 saturated heterocycles. The summed E-state index contributed by atoms with van der Waals surface area (Å²) in [6.07, 6.45) is 1.08. The molecule has 2 aliphatic rings. The standard InChI is InChI=1S/C24H31F2N3O/c1-23(2,3)22(30-4)19-17(25)13-18(26)20-21(19)29(16-7-5-6-15(27)12-16)14-24(20)8-10-28-11-9-24/h5-7,12-13,22,28H,8-11,14,27H2,1-4H3. The summed E-state index contributed by atoms with van der Waals surface area (Å²) in [4.78, 5) is 2.05. The Bertz CT molecular complexity index is 948. The predicted molar refractivity (Wildman–Crippen MR) is 117 cm³/mol. The number of nitrogen functional groups attached to an aromatic ring is 1. The smallest absolute Gasteiger partial charge is 0.134 e. The van der Waals surface area contributed by atoms with Gasteiger partial charge < -0.3 is 20.7 Å². The van der Waals surface area contributed by atoms with Crippen molar-refractivity contribution in [3.8, 4) is 0 Å². The van der Waals surface area contributed by atoms with E-state index in [1.54, 1.807) is 7.11 Å². The topological polar surface area (TPSA) is 50.5 Å². The number of halogens is 2. The molecule has 2 aromatic rings. The SMILES string of the molecule is COC(c1c(F)cc(F)c2c1N(c1cccc(N)c1)CC21CCNCC1)C(C)(C)C.